The summed E-state index contributed by atoms with van der Waals surface area (Å²) in [6.45, 7) is 2.06. The number of H-pyrrole nitrogens is 1. The van der Waals surface area contributed by atoms with E-state index in [1.165, 1.54) is 34.0 Å². The van der Waals surface area contributed by atoms with E-state index in [4.69, 9.17) is 4.74 Å². The van der Waals surface area contributed by atoms with Gasteiger partial charge in [0, 0.05) is 36.7 Å². The van der Waals surface area contributed by atoms with Crippen molar-refractivity contribution in [2.24, 2.45) is 0 Å². The number of aromatic amines is 1. The molecular formula is C27H29N3O5. The van der Waals surface area contributed by atoms with Gasteiger partial charge in [0.25, 0.3) is 5.56 Å². The summed E-state index contributed by atoms with van der Waals surface area (Å²) in [5, 5.41) is 13.3. The highest BCUT2D eigenvalue weighted by Gasteiger charge is 2.34. The Labute approximate surface area is 202 Å². The fourth-order valence-electron chi connectivity index (χ4n) is 4.30. The monoisotopic (exact) mass is 475 g/mol. The Kier molecular flexibility index (Phi) is 7.74. The number of carbonyl (C=O) groups excluding carboxylic acids is 1. The molecule has 0 aliphatic carbocycles. The number of carbonyl (C=O) groups is 1. The third kappa shape index (κ3) is 6.03. The maximum Gasteiger partial charge on any atom is 0.330 e. The smallest absolute Gasteiger partial charge is 0.330 e. The summed E-state index contributed by atoms with van der Waals surface area (Å²) in [7, 11) is 0. The number of aryl methyl sites for hydroxylation is 1. The number of ether oxygens (including phenoxy) is 1. The zero-order valence-corrected chi connectivity index (χ0v) is 19.5. The number of hydrogen-bond acceptors (Lipinski definition) is 5. The van der Waals surface area contributed by atoms with Gasteiger partial charge in [0.15, 0.2) is 0 Å². The molecule has 4 rings (SSSR count). The van der Waals surface area contributed by atoms with Crippen LogP contribution in [0, 0.1) is 6.92 Å². The van der Waals surface area contributed by atoms with Crippen molar-refractivity contribution in [1.29, 1.82) is 0 Å². The van der Waals surface area contributed by atoms with Crippen LogP contribution in [-0.2, 0) is 9.53 Å². The van der Waals surface area contributed by atoms with Crippen LogP contribution in [0.2, 0.25) is 0 Å². The molecule has 0 unspecified atom stereocenters. The van der Waals surface area contributed by atoms with Crippen LogP contribution in [0.5, 0.6) is 0 Å². The van der Waals surface area contributed by atoms with E-state index in [2.05, 4.69) is 34.6 Å². The Morgan fingerprint density at radius 1 is 1.14 bits per heavy atom. The fourth-order valence-corrected chi connectivity index (χ4v) is 4.30. The molecule has 1 aromatic heterocycles. The molecule has 2 heterocycles. The second-order valence-corrected chi connectivity index (χ2v) is 8.65. The summed E-state index contributed by atoms with van der Waals surface area (Å²) >= 11 is 0. The SMILES string of the molecule is Cc1cn([C@H]2C[C@H](O)[C@@H](/C=C/C(=O)NCCC(c3ccccc3)c3ccccc3)O2)c(=O)[nH]c1=O. The average Bonchev–Trinajstić information content (AvgIpc) is 3.24. The number of nitrogens with one attached hydrogen (secondary N) is 2. The molecule has 2 aromatic carbocycles. The van der Waals surface area contributed by atoms with Crippen molar-refractivity contribution in [1.82, 2.24) is 14.9 Å². The van der Waals surface area contributed by atoms with E-state index in [1.807, 2.05) is 36.4 Å². The van der Waals surface area contributed by atoms with E-state index in [0.29, 0.717) is 12.1 Å². The lowest BCUT2D eigenvalue weighted by Crippen LogP contribution is -2.33. The summed E-state index contributed by atoms with van der Waals surface area (Å²) in [6, 6.07) is 20.4. The number of aromatic nitrogens is 2. The minimum Gasteiger partial charge on any atom is -0.390 e. The lowest BCUT2D eigenvalue weighted by molar-refractivity contribution is -0.116. The number of aliphatic hydroxyl groups is 1. The largest absolute Gasteiger partial charge is 0.390 e. The first-order valence-electron chi connectivity index (χ1n) is 11.6. The van der Waals surface area contributed by atoms with Gasteiger partial charge in [-0.25, -0.2) is 4.79 Å². The van der Waals surface area contributed by atoms with Crippen molar-refractivity contribution in [3.63, 3.8) is 0 Å². The molecule has 8 heteroatoms. The Hall–Kier alpha value is -3.75. The standard InChI is InChI=1S/C27H29N3O5/c1-18-17-30(27(34)29-26(18)33)25-16-22(31)23(35-25)12-13-24(32)28-15-14-21(19-8-4-2-5-9-19)20-10-6-3-7-11-20/h2-13,17,21-23,25,31H,14-16H2,1H3,(H,28,32)(H,29,33,34)/b13-12+/t22-,23+,25+/m0/s1. The molecule has 0 saturated carbocycles. The van der Waals surface area contributed by atoms with Gasteiger partial charge in [-0.15, -0.1) is 0 Å². The van der Waals surface area contributed by atoms with Gasteiger partial charge in [0.2, 0.25) is 5.91 Å². The van der Waals surface area contributed by atoms with Crippen molar-refractivity contribution in [3.8, 4) is 0 Å². The van der Waals surface area contributed by atoms with Crippen molar-refractivity contribution in [3.05, 3.63) is 117 Å². The van der Waals surface area contributed by atoms with Crippen molar-refractivity contribution >= 4 is 5.91 Å². The van der Waals surface area contributed by atoms with Crippen LogP contribution in [0.1, 0.15) is 41.7 Å². The molecule has 8 nitrogen and oxygen atoms in total. The van der Waals surface area contributed by atoms with Crippen molar-refractivity contribution in [2.45, 2.75) is 44.1 Å². The highest BCUT2D eigenvalue weighted by molar-refractivity contribution is 5.87. The van der Waals surface area contributed by atoms with Crippen LogP contribution in [-0.4, -0.2) is 39.3 Å². The molecule has 0 spiro atoms. The highest BCUT2D eigenvalue weighted by Crippen LogP contribution is 2.29. The minimum atomic E-state index is -0.885. The first kappa shape index (κ1) is 24.4. The van der Waals surface area contributed by atoms with Crippen molar-refractivity contribution in [2.75, 3.05) is 6.54 Å². The summed E-state index contributed by atoms with van der Waals surface area (Å²) in [4.78, 5) is 38.3. The third-order valence-corrected chi connectivity index (χ3v) is 6.17. The van der Waals surface area contributed by atoms with E-state index in [1.54, 1.807) is 6.92 Å². The zero-order chi connectivity index (χ0) is 24.8. The number of hydrogen-bond donors (Lipinski definition) is 3. The Morgan fingerprint density at radius 3 is 2.40 bits per heavy atom. The van der Waals surface area contributed by atoms with E-state index in [9.17, 15) is 19.5 Å². The molecule has 1 fully saturated rings. The van der Waals surface area contributed by atoms with Gasteiger partial charge in [-0.1, -0.05) is 60.7 Å². The predicted octanol–water partition coefficient (Wildman–Crippen LogP) is 2.39. The summed E-state index contributed by atoms with van der Waals surface area (Å²) in [6.07, 6.45) is 2.78. The number of rotatable bonds is 8. The molecule has 1 aliphatic rings. The van der Waals surface area contributed by atoms with Gasteiger partial charge < -0.3 is 15.2 Å². The normalized spacial score (nSPS) is 19.9. The van der Waals surface area contributed by atoms with E-state index in [0.717, 1.165) is 6.42 Å². The number of nitrogens with zero attached hydrogens (tertiary/aromatic N) is 1. The summed E-state index contributed by atoms with van der Waals surface area (Å²) < 4.78 is 7.02. The number of amides is 1. The quantitative estimate of drug-likeness (QED) is 0.433. The fraction of sp³-hybridized carbons (Fsp3) is 0.296. The molecule has 3 N–H and O–H groups in total. The average molecular weight is 476 g/mol. The molecule has 35 heavy (non-hydrogen) atoms. The highest BCUT2D eigenvalue weighted by atomic mass is 16.5. The third-order valence-electron chi connectivity index (χ3n) is 6.17. The van der Waals surface area contributed by atoms with Crippen molar-refractivity contribution < 1.29 is 14.6 Å². The topological polar surface area (TPSA) is 113 Å². The van der Waals surface area contributed by atoms with Crippen LogP contribution in [0.25, 0.3) is 0 Å². The second kappa shape index (κ2) is 11.1. The maximum atomic E-state index is 12.4. The first-order chi connectivity index (χ1) is 16.9. The van der Waals surface area contributed by atoms with Gasteiger partial charge in [-0.3, -0.25) is 19.1 Å². The van der Waals surface area contributed by atoms with E-state index >= 15 is 0 Å². The van der Waals surface area contributed by atoms with Crippen LogP contribution in [0.15, 0.2) is 88.6 Å². The van der Waals surface area contributed by atoms with Crippen LogP contribution >= 0.6 is 0 Å². The predicted molar refractivity (Wildman–Crippen MR) is 132 cm³/mol. The molecule has 3 aromatic rings. The minimum absolute atomic E-state index is 0.154. The Morgan fingerprint density at radius 2 is 1.77 bits per heavy atom. The number of benzene rings is 2. The van der Waals surface area contributed by atoms with E-state index < -0.39 is 29.7 Å². The van der Waals surface area contributed by atoms with Crippen LogP contribution in [0.3, 0.4) is 0 Å². The molecule has 1 aliphatic heterocycles. The molecule has 1 amide bonds. The van der Waals surface area contributed by atoms with Gasteiger partial charge in [-0.2, -0.15) is 0 Å². The Balaban J connectivity index is 1.34. The lowest BCUT2D eigenvalue weighted by atomic mass is 9.88. The van der Waals surface area contributed by atoms with E-state index in [-0.39, 0.29) is 18.2 Å². The van der Waals surface area contributed by atoms with Gasteiger partial charge in [-0.05, 0) is 30.5 Å². The Bertz CT molecular complexity index is 1240. The van der Waals surface area contributed by atoms with Gasteiger partial charge >= 0.3 is 5.69 Å². The van der Waals surface area contributed by atoms with Gasteiger partial charge in [0.05, 0.1) is 6.10 Å². The van der Waals surface area contributed by atoms with Crippen LogP contribution < -0.4 is 16.6 Å². The summed E-state index contributed by atoms with van der Waals surface area (Å²) in [5.74, 6) is -0.136. The van der Waals surface area contributed by atoms with Gasteiger partial charge in [0.1, 0.15) is 12.3 Å². The molecule has 1 saturated heterocycles. The molecule has 0 radical (unpaired) electrons. The molecule has 0 bridgehead atoms. The molecule has 3 atom stereocenters. The maximum absolute atomic E-state index is 12.4. The summed E-state index contributed by atoms with van der Waals surface area (Å²) in [5.41, 5.74) is 1.67. The molecular weight excluding hydrogens is 446 g/mol. The lowest BCUT2D eigenvalue weighted by Gasteiger charge is -2.18. The second-order valence-electron chi connectivity index (χ2n) is 8.65. The zero-order valence-electron chi connectivity index (χ0n) is 19.5. The number of aliphatic hydroxyl groups excluding tert-OH is 1. The molecule has 182 valence electrons. The first-order valence-corrected chi connectivity index (χ1v) is 11.6. The van der Waals surface area contributed by atoms with Crippen LogP contribution in [0.4, 0.5) is 0 Å².